The molecular weight excluding hydrogens is 230 g/mol. The Hall–Kier alpha value is -1.26. The summed E-state index contributed by atoms with van der Waals surface area (Å²) >= 11 is 1.75. The number of nitrogens with zero attached hydrogens (tertiary/aromatic N) is 2. The first kappa shape index (κ1) is 12.2. The molecule has 1 atom stereocenters. The highest BCUT2D eigenvalue weighted by molar-refractivity contribution is 7.07. The van der Waals surface area contributed by atoms with E-state index in [1.165, 1.54) is 5.56 Å². The third-order valence-electron chi connectivity index (χ3n) is 2.65. The van der Waals surface area contributed by atoms with E-state index in [1.54, 1.807) is 23.7 Å². The first-order chi connectivity index (χ1) is 8.40. The van der Waals surface area contributed by atoms with Gasteiger partial charge in [0.25, 0.3) is 0 Å². The Bertz CT molecular complexity index is 413. The van der Waals surface area contributed by atoms with Crippen LogP contribution in [0.3, 0.4) is 0 Å². The summed E-state index contributed by atoms with van der Waals surface area (Å²) in [4.78, 5) is 8.65. The minimum atomic E-state index is 0.251. The topological polar surface area (TPSA) is 37.8 Å². The molecule has 0 radical (unpaired) electrons. The van der Waals surface area contributed by atoms with E-state index in [9.17, 15) is 0 Å². The van der Waals surface area contributed by atoms with Crippen molar-refractivity contribution in [2.24, 2.45) is 0 Å². The molecule has 0 saturated carbocycles. The Balaban J connectivity index is 1.98. The number of aromatic nitrogens is 2. The molecule has 0 saturated heterocycles. The molecule has 0 fully saturated rings. The van der Waals surface area contributed by atoms with Gasteiger partial charge in [0.05, 0.1) is 6.04 Å². The van der Waals surface area contributed by atoms with Crippen LogP contribution in [-0.4, -0.2) is 16.5 Å². The molecule has 0 aromatic carbocycles. The quantitative estimate of drug-likeness (QED) is 0.853. The zero-order chi connectivity index (χ0) is 11.9. The monoisotopic (exact) mass is 247 g/mol. The fourth-order valence-electron chi connectivity index (χ4n) is 1.81. The summed E-state index contributed by atoms with van der Waals surface area (Å²) in [6.07, 6.45) is 5.71. The van der Waals surface area contributed by atoms with E-state index in [2.05, 4.69) is 39.0 Å². The Morgan fingerprint density at radius 3 is 2.82 bits per heavy atom. The maximum atomic E-state index is 4.33. The summed E-state index contributed by atoms with van der Waals surface area (Å²) < 4.78 is 0. The molecule has 17 heavy (non-hydrogen) atoms. The highest BCUT2D eigenvalue weighted by atomic mass is 32.1. The molecule has 90 valence electrons. The SMILES string of the molecule is CCNC(CCc1ccsc1)c1ncccn1. The highest BCUT2D eigenvalue weighted by Crippen LogP contribution is 2.16. The second-order valence-electron chi connectivity index (χ2n) is 3.89. The van der Waals surface area contributed by atoms with Crippen LogP contribution in [0.4, 0.5) is 0 Å². The van der Waals surface area contributed by atoms with Gasteiger partial charge in [0.2, 0.25) is 0 Å². The molecule has 0 bridgehead atoms. The first-order valence-corrected chi connectivity index (χ1v) is 6.85. The molecule has 2 heterocycles. The second kappa shape index (κ2) is 6.47. The number of aryl methyl sites for hydroxylation is 1. The lowest BCUT2D eigenvalue weighted by Crippen LogP contribution is -2.23. The predicted octanol–water partition coefficient (Wildman–Crippen LogP) is 2.82. The minimum Gasteiger partial charge on any atom is -0.308 e. The van der Waals surface area contributed by atoms with Gasteiger partial charge in [-0.05, 0) is 47.8 Å². The van der Waals surface area contributed by atoms with Gasteiger partial charge in [-0.1, -0.05) is 6.92 Å². The van der Waals surface area contributed by atoms with Gasteiger partial charge < -0.3 is 5.32 Å². The molecule has 2 rings (SSSR count). The van der Waals surface area contributed by atoms with Crippen molar-refractivity contribution in [3.05, 3.63) is 46.7 Å². The molecule has 2 aromatic rings. The van der Waals surface area contributed by atoms with Crippen molar-refractivity contribution >= 4 is 11.3 Å². The largest absolute Gasteiger partial charge is 0.308 e. The number of hydrogen-bond acceptors (Lipinski definition) is 4. The number of thiophene rings is 1. The third-order valence-corrected chi connectivity index (χ3v) is 3.38. The van der Waals surface area contributed by atoms with Crippen molar-refractivity contribution in [3.63, 3.8) is 0 Å². The van der Waals surface area contributed by atoms with Gasteiger partial charge in [0.1, 0.15) is 5.82 Å². The number of hydrogen-bond donors (Lipinski definition) is 1. The van der Waals surface area contributed by atoms with Gasteiger partial charge in [0, 0.05) is 12.4 Å². The van der Waals surface area contributed by atoms with E-state index in [0.29, 0.717) is 0 Å². The Labute approximate surface area is 106 Å². The van der Waals surface area contributed by atoms with Crippen LogP contribution in [0.15, 0.2) is 35.3 Å². The van der Waals surface area contributed by atoms with Crippen molar-refractivity contribution < 1.29 is 0 Å². The first-order valence-electron chi connectivity index (χ1n) is 5.91. The normalized spacial score (nSPS) is 12.5. The summed E-state index contributed by atoms with van der Waals surface area (Å²) in [5, 5.41) is 7.76. The maximum absolute atomic E-state index is 4.33. The van der Waals surface area contributed by atoms with Crippen LogP contribution in [0, 0.1) is 0 Å². The molecule has 0 aliphatic carbocycles. The molecule has 0 aliphatic heterocycles. The van der Waals surface area contributed by atoms with Gasteiger partial charge in [0.15, 0.2) is 0 Å². The van der Waals surface area contributed by atoms with Gasteiger partial charge in [-0.25, -0.2) is 9.97 Å². The van der Waals surface area contributed by atoms with Crippen LogP contribution in [-0.2, 0) is 6.42 Å². The van der Waals surface area contributed by atoms with E-state index in [0.717, 1.165) is 25.2 Å². The summed E-state index contributed by atoms with van der Waals surface area (Å²) in [7, 11) is 0. The Morgan fingerprint density at radius 1 is 1.35 bits per heavy atom. The standard InChI is InChI=1S/C13H17N3S/c1-2-14-12(13-15-7-3-8-16-13)5-4-11-6-9-17-10-11/h3,6-10,12,14H,2,4-5H2,1H3. The summed E-state index contributed by atoms with van der Waals surface area (Å²) in [5.41, 5.74) is 1.40. The van der Waals surface area contributed by atoms with Crippen LogP contribution in [0.2, 0.25) is 0 Å². The van der Waals surface area contributed by atoms with Crippen LogP contribution in [0.25, 0.3) is 0 Å². The lowest BCUT2D eigenvalue weighted by atomic mass is 10.1. The molecule has 0 aliphatic rings. The van der Waals surface area contributed by atoms with Crippen LogP contribution >= 0.6 is 11.3 Å². The second-order valence-corrected chi connectivity index (χ2v) is 4.67. The van der Waals surface area contributed by atoms with Crippen molar-refractivity contribution in [3.8, 4) is 0 Å². The van der Waals surface area contributed by atoms with E-state index in [4.69, 9.17) is 0 Å². The maximum Gasteiger partial charge on any atom is 0.145 e. The van der Waals surface area contributed by atoms with Crippen molar-refractivity contribution in [2.45, 2.75) is 25.8 Å². The average Bonchev–Trinajstić information content (AvgIpc) is 2.88. The third kappa shape index (κ3) is 3.61. The van der Waals surface area contributed by atoms with Gasteiger partial charge in [-0.2, -0.15) is 11.3 Å². The van der Waals surface area contributed by atoms with Gasteiger partial charge >= 0.3 is 0 Å². The molecule has 0 spiro atoms. The lowest BCUT2D eigenvalue weighted by Gasteiger charge is -2.15. The van der Waals surface area contributed by atoms with Gasteiger partial charge in [-0.3, -0.25) is 0 Å². The number of rotatable bonds is 6. The zero-order valence-corrected chi connectivity index (χ0v) is 10.8. The summed E-state index contributed by atoms with van der Waals surface area (Å²) in [6.45, 7) is 3.05. The fourth-order valence-corrected chi connectivity index (χ4v) is 2.51. The molecule has 2 aromatic heterocycles. The minimum absolute atomic E-state index is 0.251. The molecule has 3 nitrogen and oxygen atoms in total. The van der Waals surface area contributed by atoms with Crippen LogP contribution < -0.4 is 5.32 Å². The Morgan fingerprint density at radius 2 is 2.18 bits per heavy atom. The van der Waals surface area contributed by atoms with Crippen molar-refractivity contribution in [1.82, 2.24) is 15.3 Å². The zero-order valence-electron chi connectivity index (χ0n) is 9.97. The van der Waals surface area contributed by atoms with E-state index >= 15 is 0 Å². The van der Waals surface area contributed by atoms with E-state index in [-0.39, 0.29) is 6.04 Å². The molecule has 1 N–H and O–H groups in total. The molecule has 1 unspecified atom stereocenters. The van der Waals surface area contributed by atoms with Gasteiger partial charge in [-0.15, -0.1) is 0 Å². The lowest BCUT2D eigenvalue weighted by molar-refractivity contribution is 0.490. The highest BCUT2D eigenvalue weighted by Gasteiger charge is 2.12. The smallest absolute Gasteiger partial charge is 0.145 e. The van der Waals surface area contributed by atoms with Crippen molar-refractivity contribution in [2.75, 3.05) is 6.54 Å². The van der Waals surface area contributed by atoms with Crippen LogP contribution in [0.5, 0.6) is 0 Å². The fraction of sp³-hybridized carbons (Fsp3) is 0.385. The number of nitrogens with one attached hydrogen (secondary N) is 1. The summed E-state index contributed by atoms with van der Waals surface area (Å²) in [5.74, 6) is 0.893. The molecular formula is C13H17N3S. The Kier molecular flexibility index (Phi) is 4.64. The average molecular weight is 247 g/mol. The predicted molar refractivity (Wildman–Crippen MR) is 71.1 cm³/mol. The van der Waals surface area contributed by atoms with Crippen molar-refractivity contribution in [1.29, 1.82) is 0 Å². The summed E-state index contributed by atoms with van der Waals surface area (Å²) in [6, 6.07) is 4.28. The van der Waals surface area contributed by atoms with Crippen LogP contribution in [0.1, 0.15) is 30.8 Å². The molecule has 0 amide bonds. The molecule has 4 heteroatoms. The van der Waals surface area contributed by atoms with E-state index < -0.39 is 0 Å². The van der Waals surface area contributed by atoms with E-state index in [1.807, 2.05) is 6.07 Å².